The molecule has 2 amide bonds. The second-order valence-electron chi connectivity index (χ2n) is 5.65. The van der Waals surface area contributed by atoms with Gasteiger partial charge in [-0.2, -0.15) is 0 Å². The fraction of sp³-hybridized carbons (Fsp3) is 0.800. The van der Waals surface area contributed by atoms with E-state index < -0.39 is 38.3 Å². The summed E-state index contributed by atoms with van der Waals surface area (Å²) in [5, 5.41) is 3.97. The summed E-state index contributed by atoms with van der Waals surface area (Å²) in [5.74, 6) is -0.965. The van der Waals surface area contributed by atoms with Crippen LogP contribution in [0.15, 0.2) is 0 Å². The third kappa shape index (κ3) is 10.4. The molecule has 136 valence electrons. The van der Waals surface area contributed by atoms with Gasteiger partial charge in [0.25, 0.3) is 0 Å². The molecule has 6 N–H and O–H groups in total. The van der Waals surface area contributed by atoms with Crippen molar-refractivity contribution in [2.45, 2.75) is 44.7 Å². The van der Waals surface area contributed by atoms with Crippen molar-refractivity contribution in [3.05, 3.63) is 0 Å². The van der Waals surface area contributed by atoms with Gasteiger partial charge in [0.1, 0.15) is 5.60 Å². The van der Waals surface area contributed by atoms with Crippen molar-refractivity contribution in [2.75, 3.05) is 6.54 Å². The number of carbonyl (C=O) groups excluding carboxylic acids is 2. The maximum absolute atomic E-state index is 11.5. The molecule has 0 rings (SSSR count). The van der Waals surface area contributed by atoms with Gasteiger partial charge in [0.2, 0.25) is 11.4 Å². The fourth-order valence-electron chi connectivity index (χ4n) is 1.33. The Kier molecular flexibility index (Phi) is 7.89. The van der Waals surface area contributed by atoms with Crippen LogP contribution in [0.4, 0.5) is 4.79 Å². The van der Waals surface area contributed by atoms with E-state index >= 15 is 0 Å². The zero-order valence-electron chi connectivity index (χ0n) is 12.9. The van der Waals surface area contributed by atoms with Crippen molar-refractivity contribution < 1.29 is 43.0 Å². The molecule has 23 heavy (non-hydrogen) atoms. The molecule has 0 aromatic heterocycles. The molecule has 0 saturated carbocycles. The smallest absolute Gasteiger partial charge is 0.407 e. The first-order valence-electron chi connectivity index (χ1n) is 6.49. The maximum Gasteiger partial charge on any atom is 0.407 e. The minimum Gasteiger partial charge on any atom is -0.444 e. The number of rotatable bonds is 7. The molecule has 0 saturated heterocycles. The van der Waals surface area contributed by atoms with Gasteiger partial charge in [-0.25, -0.2) is 4.79 Å². The van der Waals surface area contributed by atoms with E-state index in [1.54, 1.807) is 26.1 Å². The van der Waals surface area contributed by atoms with Gasteiger partial charge in [-0.3, -0.25) is 13.9 Å². The molecule has 0 aromatic rings. The topological polar surface area (TPSA) is 182 Å². The lowest BCUT2D eigenvalue weighted by molar-refractivity contribution is -0.121. The van der Waals surface area contributed by atoms with Crippen molar-refractivity contribution in [3.8, 4) is 0 Å². The molecule has 13 heteroatoms. The van der Waals surface area contributed by atoms with Crippen LogP contribution in [0.2, 0.25) is 0 Å². The first-order valence-corrected chi connectivity index (χ1v) is 9.86. The highest BCUT2D eigenvalue weighted by atomic mass is 31.2. The van der Waals surface area contributed by atoms with Crippen molar-refractivity contribution >= 4 is 27.2 Å². The van der Waals surface area contributed by atoms with Crippen LogP contribution in [-0.4, -0.2) is 49.2 Å². The molecule has 0 aromatic carbocycles. The second-order valence-corrected chi connectivity index (χ2v) is 9.45. The average molecular weight is 376 g/mol. The number of hydrogen-bond acceptors (Lipinski definition) is 5. The molecule has 0 aliphatic heterocycles. The van der Waals surface area contributed by atoms with E-state index in [2.05, 4.69) is 5.32 Å². The molecule has 0 aliphatic rings. The van der Waals surface area contributed by atoms with Crippen molar-refractivity contribution in [3.63, 3.8) is 0 Å². The van der Waals surface area contributed by atoms with E-state index in [9.17, 15) is 18.7 Å². The van der Waals surface area contributed by atoms with Crippen molar-refractivity contribution in [1.29, 1.82) is 0 Å². The molecule has 0 radical (unpaired) electrons. The summed E-state index contributed by atoms with van der Waals surface area (Å²) in [6.07, 6.45) is -0.909. The molecule has 0 heterocycles. The Bertz CT molecular complexity index is 497. The Hall–Kier alpha value is -0.960. The number of carbonyl (C=O) groups is 2. The lowest BCUT2D eigenvalue weighted by Crippen LogP contribution is -2.36. The van der Waals surface area contributed by atoms with Crippen LogP contribution < -0.4 is 10.6 Å². The Balaban J connectivity index is 4.29. The van der Waals surface area contributed by atoms with Crippen LogP contribution in [0.3, 0.4) is 0 Å². The first-order chi connectivity index (χ1) is 10.1. The van der Waals surface area contributed by atoms with E-state index in [1.807, 2.05) is 0 Å². The van der Waals surface area contributed by atoms with Gasteiger partial charge in [0.15, 0.2) is 0 Å². The molecule has 0 spiro atoms. The number of hydrogen-bond donors (Lipinski definition) is 6. The minimum absolute atomic E-state index is 0.0405. The quantitative estimate of drug-likeness (QED) is 0.264. The van der Waals surface area contributed by atoms with Gasteiger partial charge < -0.3 is 34.9 Å². The number of alkyl carbamates (subject to hydrolysis) is 1. The van der Waals surface area contributed by atoms with Crippen molar-refractivity contribution in [1.82, 2.24) is 10.6 Å². The maximum atomic E-state index is 11.5. The van der Waals surface area contributed by atoms with E-state index in [0.29, 0.717) is 0 Å². The minimum atomic E-state index is -5.21. The molecule has 0 bridgehead atoms. The lowest BCUT2D eigenvalue weighted by atomic mass is 10.2. The normalized spacial score (nSPS) is 12.9. The average Bonchev–Trinajstić information content (AvgIpc) is 2.26. The standard InChI is InChI=1S/C10H22N2O9P2/c1-10(2,3)21-8(14)11-6-4-5-7(13)12-9(22(15,16)17)23(18,19)20/h9H,4-6H2,1-3H3,(H,11,14)(H,12,13)(H2,15,16,17)(H2,18,19,20). The predicted octanol–water partition coefficient (Wildman–Crippen LogP) is 0.0465. The molecule has 0 atom stereocenters. The van der Waals surface area contributed by atoms with Crippen LogP contribution >= 0.6 is 15.2 Å². The SMILES string of the molecule is CC(C)(C)OC(=O)NCCCC(=O)NC(P(=O)(O)O)P(=O)(O)O. The summed E-state index contributed by atoms with van der Waals surface area (Å²) in [4.78, 5) is 58.2. The molecule has 0 fully saturated rings. The summed E-state index contributed by atoms with van der Waals surface area (Å²) < 4.78 is 26.9. The highest BCUT2D eigenvalue weighted by Gasteiger charge is 2.44. The van der Waals surface area contributed by atoms with Gasteiger partial charge >= 0.3 is 21.3 Å². The van der Waals surface area contributed by atoms with Gasteiger partial charge in [-0.1, -0.05) is 0 Å². The zero-order valence-corrected chi connectivity index (χ0v) is 14.7. The van der Waals surface area contributed by atoms with Crippen LogP contribution in [0.5, 0.6) is 0 Å². The number of ether oxygens (including phenoxy) is 1. The van der Waals surface area contributed by atoms with Gasteiger partial charge in [-0.05, 0) is 27.2 Å². The third-order valence-corrected chi connectivity index (χ3v) is 5.51. The first kappa shape index (κ1) is 22.0. The monoisotopic (exact) mass is 376 g/mol. The lowest BCUT2D eigenvalue weighted by Gasteiger charge is -2.21. The van der Waals surface area contributed by atoms with Gasteiger partial charge in [-0.15, -0.1) is 0 Å². The highest BCUT2D eigenvalue weighted by Crippen LogP contribution is 2.58. The Morgan fingerprint density at radius 2 is 1.57 bits per heavy atom. The van der Waals surface area contributed by atoms with E-state index in [4.69, 9.17) is 24.3 Å². The summed E-state index contributed by atoms with van der Waals surface area (Å²) >= 11 is 0. The second kappa shape index (κ2) is 8.23. The van der Waals surface area contributed by atoms with Crippen LogP contribution in [0, 0.1) is 0 Å². The fourth-order valence-corrected chi connectivity index (χ4v) is 3.53. The molecule has 0 unspecified atom stereocenters. The Morgan fingerprint density at radius 3 is 1.96 bits per heavy atom. The summed E-state index contributed by atoms with van der Waals surface area (Å²) in [5.41, 5.74) is -3.26. The van der Waals surface area contributed by atoms with Gasteiger partial charge in [0, 0.05) is 13.0 Å². The molecular formula is C10H22N2O9P2. The zero-order chi connectivity index (χ0) is 18.5. The summed E-state index contributed by atoms with van der Waals surface area (Å²) in [7, 11) is -10.4. The molecular weight excluding hydrogens is 354 g/mol. The van der Waals surface area contributed by atoms with E-state index in [-0.39, 0.29) is 19.4 Å². The van der Waals surface area contributed by atoms with E-state index in [0.717, 1.165) is 0 Å². The van der Waals surface area contributed by atoms with Crippen LogP contribution in [0.25, 0.3) is 0 Å². The van der Waals surface area contributed by atoms with Crippen LogP contribution in [0.1, 0.15) is 33.6 Å². The van der Waals surface area contributed by atoms with E-state index in [1.165, 1.54) is 0 Å². The predicted molar refractivity (Wildman–Crippen MR) is 79.5 cm³/mol. The Labute approximate surface area is 133 Å². The van der Waals surface area contributed by atoms with Crippen molar-refractivity contribution in [2.24, 2.45) is 0 Å². The largest absolute Gasteiger partial charge is 0.444 e. The molecule has 11 nitrogen and oxygen atoms in total. The summed E-state index contributed by atoms with van der Waals surface area (Å²) in [6, 6.07) is 0. The number of nitrogens with one attached hydrogen (secondary N) is 2. The Morgan fingerprint density at radius 1 is 1.09 bits per heavy atom. The number of amides is 2. The third-order valence-electron chi connectivity index (χ3n) is 2.18. The van der Waals surface area contributed by atoms with Gasteiger partial charge in [0.05, 0.1) is 0 Å². The van der Waals surface area contributed by atoms with Crippen LogP contribution in [-0.2, 0) is 18.7 Å². The summed E-state index contributed by atoms with van der Waals surface area (Å²) in [6.45, 7) is 5.05. The molecule has 0 aliphatic carbocycles. The highest BCUT2D eigenvalue weighted by molar-refractivity contribution is 7.70.